The summed E-state index contributed by atoms with van der Waals surface area (Å²) in [5.41, 5.74) is 5.99. The first-order valence-corrected chi connectivity index (χ1v) is 8.14. The van der Waals surface area contributed by atoms with Gasteiger partial charge < -0.3 is 5.73 Å². The maximum Gasteiger partial charge on any atom is 0.242 e. The molecule has 0 aromatic heterocycles. The first kappa shape index (κ1) is 15.0. The van der Waals surface area contributed by atoms with Crippen molar-refractivity contribution in [2.75, 3.05) is 20.1 Å². The highest BCUT2D eigenvalue weighted by atomic mass is 32.2. The second-order valence-electron chi connectivity index (χ2n) is 5.29. The lowest BCUT2D eigenvalue weighted by atomic mass is 10.2. The van der Waals surface area contributed by atoms with Gasteiger partial charge in [0.05, 0.1) is 11.4 Å². The Labute approximate surface area is 121 Å². The lowest BCUT2D eigenvalue weighted by molar-refractivity contribution is 0.444. The minimum atomic E-state index is -3.43. The zero-order chi connectivity index (χ0) is 14.8. The smallest absolute Gasteiger partial charge is 0.242 e. The van der Waals surface area contributed by atoms with Crippen LogP contribution in [0.5, 0.6) is 0 Å². The van der Waals surface area contributed by atoms with E-state index < -0.39 is 10.0 Å². The summed E-state index contributed by atoms with van der Waals surface area (Å²) in [4.78, 5) is 0.289. The molecule has 1 aromatic rings. The molecule has 0 radical (unpaired) electrons. The summed E-state index contributed by atoms with van der Waals surface area (Å²) < 4.78 is 26.4. The first-order chi connectivity index (χ1) is 9.45. The van der Waals surface area contributed by atoms with E-state index in [2.05, 4.69) is 18.8 Å². The normalized spacial score (nSPS) is 21.4. The summed E-state index contributed by atoms with van der Waals surface area (Å²) in [7, 11) is -1.79. The Morgan fingerprint density at radius 1 is 1.45 bits per heavy atom. The van der Waals surface area contributed by atoms with Crippen LogP contribution < -0.4 is 5.73 Å². The Morgan fingerprint density at radius 3 is 2.75 bits per heavy atom. The highest BCUT2D eigenvalue weighted by Gasteiger charge is 2.36. The molecule has 2 unspecified atom stereocenters. The van der Waals surface area contributed by atoms with Crippen molar-refractivity contribution in [2.45, 2.75) is 18.2 Å². The average molecular weight is 292 g/mol. The van der Waals surface area contributed by atoms with E-state index in [1.807, 2.05) is 0 Å². The van der Waals surface area contributed by atoms with E-state index in [1.165, 1.54) is 4.31 Å². The van der Waals surface area contributed by atoms with Crippen molar-refractivity contribution in [1.29, 1.82) is 0 Å². The van der Waals surface area contributed by atoms with Gasteiger partial charge >= 0.3 is 0 Å². The number of nitrogens with two attached hydrogens (primary N) is 1. The van der Waals surface area contributed by atoms with Gasteiger partial charge in [-0.2, -0.15) is 0 Å². The molecule has 108 valence electrons. The Kier molecular flexibility index (Phi) is 4.48. The van der Waals surface area contributed by atoms with Gasteiger partial charge in [0.1, 0.15) is 0 Å². The van der Waals surface area contributed by atoms with Gasteiger partial charge in [0.2, 0.25) is 10.0 Å². The molecule has 1 fully saturated rings. The zero-order valence-corrected chi connectivity index (χ0v) is 12.7. The number of nitrogens with zero attached hydrogens (tertiary/aromatic N) is 1. The molecule has 0 bridgehead atoms. The molecule has 2 N–H and O–H groups in total. The van der Waals surface area contributed by atoms with Gasteiger partial charge in [-0.3, -0.25) is 0 Å². The Morgan fingerprint density at radius 2 is 2.15 bits per heavy atom. The summed E-state index contributed by atoms with van der Waals surface area (Å²) in [6.07, 6.45) is 1.11. The molecule has 1 aromatic carbocycles. The molecule has 4 nitrogen and oxygen atoms in total. The van der Waals surface area contributed by atoms with Crippen molar-refractivity contribution in [1.82, 2.24) is 4.31 Å². The third-order valence-corrected chi connectivity index (χ3v) is 5.46. The maximum absolute atomic E-state index is 12.5. The molecule has 0 aliphatic heterocycles. The Hall–Kier alpha value is -1.35. The molecule has 0 heterocycles. The Balaban J connectivity index is 2.20. The van der Waals surface area contributed by atoms with E-state index in [9.17, 15) is 8.42 Å². The monoisotopic (exact) mass is 292 g/mol. The summed E-state index contributed by atoms with van der Waals surface area (Å²) in [5.74, 6) is 6.72. The van der Waals surface area contributed by atoms with Crippen molar-refractivity contribution < 1.29 is 8.42 Å². The lowest BCUT2D eigenvalue weighted by Gasteiger charge is -2.17. The van der Waals surface area contributed by atoms with Crippen LogP contribution in [-0.4, -0.2) is 32.9 Å². The summed E-state index contributed by atoms with van der Waals surface area (Å²) >= 11 is 0. The zero-order valence-electron chi connectivity index (χ0n) is 11.8. The maximum atomic E-state index is 12.5. The predicted molar refractivity (Wildman–Crippen MR) is 79.5 cm³/mol. The molecule has 1 aliphatic rings. The Bertz CT molecular complexity index is 643. The van der Waals surface area contributed by atoms with Crippen LogP contribution in [0.15, 0.2) is 29.2 Å². The minimum absolute atomic E-state index is 0.260. The topological polar surface area (TPSA) is 63.4 Å². The van der Waals surface area contributed by atoms with Gasteiger partial charge in [-0.1, -0.05) is 24.8 Å². The van der Waals surface area contributed by atoms with E-state index in [0.717, 1.165) is 6.42 Å². The molecule has 2 rings (SSSR count). The number of hydrogen-bond donors (Lipinski definition) is 1. The van der Waals surface area contributed by atoms with Crippen LogP contribution in [0.4, 0.5) is 0 Å². The highest BCUT2D eigenvalue weighted by Crippen LogP contribution is 2.38. The fraction of sp³-hybridized carbons (Fsp3) is 0.467. The fourth-order valence-electron chi connectivity index (χ4n) is 2.15. The van der Waals surface area contributed by atoms with Crippen molar-refractivity contribution in [3.63, 3.8) is 0 Å². The van der Waals surface area contributed by atoms with Crippen LogP contribution in [0, 0.1) is 23.7 Å². The van der Waals surface area contributed by atoms with Crippen LogP contribution in [0.25, 0.3) is 0 Å². The first-order valence-electron chi connectivity index (χ1n) is 6.70. The van der Waals surface area contributed by atoms with E-state index in [-0.39, 0.29) is 11.4 Å². The number of benzene rings is 1. The molecular weight excluding hydrogens is 272 g/mol. The van der Waals surface area contributed by atoms with Gasteiger partial charge in [0.25, 0.3) is 0 Å². The van der Waals surface area contributed by atoms with Gasteiger partial charge in [0, 0.05) is 19.2 Å². The van der Waals surface area contributed by atoms with Gasteiger partial charge in [-0.05, 0) is 36.5 Å². The molecular formula is C15H20N2O2S. The summed E-state index contributed by atoms with van der Waals surface area (Å²) in [6.45, 7) is 2.99. The average Bonchev–Trinajstić information content (AvgIpc) is 3.12. The summed E-state index contributed by atoms with van der Waals surface area (Å²) in [5, 5.41) is 0. The van der Waals surface area contributed by atoms with E-state index >= 15 is 0 Å². The van der Waals surface area contributed by atoms with Gasteiger partial charge in [0.15, 0.2) is 0 Å². The quantitative estimate of drug-likeness (QED) is 0.850. The molecule has 1 saturated carbocycles. The second kappa shape index (κ2) is 5.96. The molecule has 2 atom stereocenters. The van der Waals surface area contributed by atoms with Crippen molar-refractivity contribution in [2.24, 2.45) is 17.6 Å². The van der Waals surface area contributed by atoms with E-state index in [0.29, 0.717) is 23.9 Å². The lowest BCUT2D eigenvalue weighted by Crippen LogP contribution is -2.29. The molecule has 5 heteroatoms. The van der Waals surface area contributed by atoms with Crippen LogP contribution in [0.2, 0.25) is 0 Å². The highest BCUT2D eigenvalue weighted by molar-refractivity contribution is 7.89. The van der Waals surface area contributed by atoms with E-state index in [1.54, 1.807) is 31.3 Å². The minimum Gasteiger partial charge on any atom is -0.320 e. The summed E-state index contributed by atoms with van der Waals surface area (Å²) in [6, 6.07) is 6.70. The number of hydrogen-bond acceptors (Lipinski definition) is 3. The van der Waals surface area contributed by atoms with Crippen molar-refractivity contribution in [3.05, 3.63) is 29.8 Å². The number of sulfonamides is 1. The van der Waals surface area contributed by atoms with E-state index in [4.69, 9.17) is 5.73 Å². The third-order valence-electron chi connectivity index (χ3n) is 3.64. The van der Waals surface area contributed by atoms with Crippen molar-refractivity contribution >= 4 is 10.0 Å². The molecule has 0 spiro atoms. The van der Waals surface area contributed by atoms with Gasteiger partial charge in [-0.15, -0.1) is 0 Å². The molecule has 0 saturated heterocycles. The molecule has 20 heavy (non-hydrogen) atoms. The van der Waals surface area contributed by atoms with Crippen LogP contribution in [0.1, 0.15) is 18.9 Å². The fourth-order valence-corrected chi connectivity index (χ4v) is 3.42. The standard InChI is InChI=1S/C15H20N2O2S/c1-12-9-14(12)11-17(2)20(18,19)15-7-3-5-13(10-15)6-4-8-16/h3,5,7,10,12,14H,8-9,11,16H2,1-2H3. The van der Waals surface area contributed by atoms with Crippen molar-refractivity contribution in [3.8, 4) is 11.8 Å². The largest absolute Gasteiger partial charge is 0.320 e. The molecule has 1 aliphatic carbocycles. The number of rotatable bonds is 4. The van der Waals surface area contributed by atoms with Crippen LogP contribution in [0.3, 0.4) is 0 Å². The third kappa shape index (κ3) is 3.40. The SMILES string of the molecule is CC1CC1CN(C)S(=O)(=O)c1cccc(C#CCN)c1. The predicted octanol–water partition coefficient (Wildman–Crippen LogP) is 1.27. The molecule has 0 amide bonds. The second-order valence-corrected chi connectivity index (χ2v) is 7.34. The van der Waals surface area contributed by atoms with Crippen LogP contribution >= 0.6 is 0 Å². The van der Waals surface area contributed by atoms with Crippen LogP contribution in [-0.2, 0) is 10.0 Å². The van der Waals surface area contributed by atoms with Gasteiger partial charge in [-0.25, -0.2) is 12.7 Å².